The highest BCUT2D eigenvalue weighted by molar-refractivity contribution is 7.89. The molecule has 1 fully saturated rings. The van der Waals surface area contributed by atoms with Crippen LogP contribution in [0.15, 0.2) is 17.0 Å². The van der Waals surface area contributed by atoms with E-state index >= 15 is 0 Å². The van der Waals surface area contributed by atoms with Gasteiger partial charge in [0.1, 0.15) is 16.5 Å². The highest BCUT2D eigenvalue weighted by Crippen LogP contribution is 2.31. The smallest absolute Gasteiger partial charge is 0.308 e. The number of sulfonamides is 1. The van der Waals surface area contributed by atoms with Gasteiger partial charge in [-0.1, -0.05) is 0 Å². The molecule has 0 radical (unpaired) electrons. The summed E-state index contributed by atoms with van der Waals surface area (Å²) in [4.78, 5) is 10.6. The van der Waals surface area contributed by atoms with Crippen LogP contribution in [0.5, 0.6) is 0 Å². The molecule has 22 heavy (non-hydrogen) atoms. The van der Waals surface area contributed by atoms with E-state index in [1.807, 2.05) is 0 Å². The van der Waals surface area contributed by atoms with E-state index in [-0.39, 0.29) is 12.1 Å². The predicted molar refractivity (Wildman–Crippen MR) is 74.8 cm³/mol. The van der Waals surface area contributed by atoms with E-state index in [1.165, 1.54) is 13.8 Å². The third-order valence-electron chi connectivity index (χ3n) is 4.05. The number of hydrogen-bond donors (Lipinski definition) is 1. The van der Waals surface area contributed by atoms with E-state index in [1.54, 1.807) is 0 Å². The Morgan fingerprint density at radius 2 is 1.95 bits per heavy atom. The van der Waals surface area contributed by atoms with Crippen molar-refractivity contribution in [2.24, 2.45) is 5.92 Å². The van der Waals surface area contributed by atoms with Crippen LogP contribution in [0.1, 0.15) is 25.3 Å². The van der Waals surface area contributed by atoms with Gasteiger partial charge in [0.2, 0.25) is 10.0 Å². The summed E-state index contributed by atoms with van der Waals surface area (Å²) in [6.45, 7) is 2.94. The van der Waals surface area contributed by atoms with Gasteiger partial charge in [-0.25, -0.2) is 17.2 Å². The van der Waals surface area contributed by atoms with Gasteiger partial charge in [0, 0.05) is 18.7 Å². The van der Waals surface area contributed by atoms with E-state index in [4.69, 9.17) is 5.11 Å². The molecule has 0 unspecified atom stereocenters. The number of carboxylic acids is 1. The zero-order chi connectivity index (χ0) is 16.7. The zero-order valence-electron chi connectivity index (χ0n) is 12.2. The molecule has 5 nitrogen and oxygen atoms in total. The summed E-state index contributed by atoms with van der Waals surface area (Å²) in [5.74, 6) is -3.92. The van der Waals surface area contributed by atoms with Gasteiger partial charge in [-0.2, -0.15) is 4.31 Å². The van der Waals surface area contributed by atoms with Crippen LogP contribution in [-0.4, -0.2) is 36.4 Å². The number of nitrogens with zero attached hydrogens (tertiary/aromatic N) is 1. The first-order chi connectivity index (χ1) is 10.2. The molecule has 1 aromatic rings. The minimum Gasteiger partial charge on any atom is -0.481 e. The summed E-state index contributed by atoms with van der Waals surface area (Å²) in [6, 6.07) is 0.684. The van der Waals surface area contributed by atoms with Crippen LogP contribution in [0.3, 0.4) is 0 Å². The first-order valence-electron chi connectivity index (χ1n) is 6.86. The van der Waals surface area contributed by atoms with Crippen molar-refractivity contribution in [3.8, 4) is 0 Å². The van der Waals surface area contributed by atoms with Crippen LogP contribution in [0.4, 0.5) is 8.78 Å². The molecular weight excluding hydrogens is 316 g/mol. The normalized spacial score (nSPS) is 23.5. The SMILES string of the molecule is Cc1cc(S(=O)(=O)N2CCC[C@@H](C(=O)O)[C@H]2C)c(F)cc1F. The fraction of sp³-hybridized carbons (Fsp3) is 0.500. The van der Waals surface area contributed by atoms with Crippen molar-refractivity contribution in [2.75, 3.05) is 6.54 Å². The Balaban J connectivity index is 2.46. The molecule has 2 rings (SSSR count). The lowest BCUT2D eigenvalue weighted by molar-refractivity contribution is -0.144. The minimum atomic E-state index is -4.22. The Kier molecular flexibility index (Phi) is 4.53. The average molecular weight is 333 g/mol. The molecule has 0 saturated carbocycles. The van der Waals surface area contributed by atoms with E-state index in [9.17, 15) is 22.0 Å². The molecule has 1 N–H and O–H groups in total. The van der Waals surface area contributed by atoms with E-state index in [0.717, 1.165) is 10.4 Å². The third-order valence-corrected chi connectivity index (χ3v) is 6.05. The lowest BCUT2D eigenvalue weighted by atomic mass is 9.92. The molecule has 0 spiro atoms. The number of piperidine rings is 1. The Morgan fingerprint density at radius 1 is 1.32 bits per heavy atom. The van der Waals surface area contributed by atoms with Crippen LogP contribution in [0.2, 0.25) is 0 Å². The van der Waals surface area contributed by atoms with Gasteiger partial charge in [0.15, 0.2) is 0 Å². The molecule has 8 heteroatoms. The van der Waals surface area contributed by atoms with Crippen molar-refractivity contribution in [3.05, 3.63) is 29.3 Å². The zero-order valence-corrected chi connectivity index (χ0v) is 13.0. The summed E-state index contributed by atoms with van der Waals surface area (Å²) in [7, 11) is -4.22. The van der Waals surface area contributed by atoms with Gasteiger partial charge in [-0.05, 0) is 38.3 Å². The molecule has 122 valence electrons. The first-order valence-corrected chi connectivity index (χ1v) is 8.30. The molecule has 1 aliphatic rings. The minimum absolute atomic E-state index is 0.0134. The fourth-order valence-electron chi connectivity index (χ4n) is 2.74. The molecular formula is C14H17F2NO4S. The number of benzene rings is 1. The quantitative estimate of drug-likeness (QED) is 0.920. The van der Waals surface area contributed by atoms with Crippen LogP contribution in [0.25, 0.3) is 0 Å². The number of aryl methyl sites for hydroxylation is 1. The summed E-state index contributed by atoms with van der Waals surface area (Å²) >= 11 is 0. The lowest BCUT2D eigenvalue weighted by Crippen LogP contribution is -2.49. The van der Waals surface area contributed by atoms with Crippen molar-refractivity contribution >= 4 is 16.0 Å². The molecule has 1 aromatic carbocycles. The van der Waals surface area contributed by atoms with Gasteiger partial charge in [-0.15, -0.1) is 0 Å². The summed E-state index contributed by atoms with van der Waals surface area (Å²) < 4.78 is 53.4. The molecule has 0 aromatic heterocycles. The van der Waals surface area contributed by atoms with Gasteiger partial charge >= 0.3 is 5.97 Å². The Labute approximate surface area is 127 Å². The van der Waals surface area contributed by atoms with Gasteiger partial charge in [0.25, 0.3) is 0 Å². The maximum atomic E-state index is 13.9. The number of carbonyl (C=O) groups is 1. The number of carboxylic acid groups (broad SMARTS) is 1. The van der Waals surface area contributed by atoms with Crippen LogP contribution >= 0.6 is 0 Å². The Hall–Kier alpha value is -1.54. The maximum absolute atomic E-state index is 13.9. The summed E-state index contributed by atoms with van der Waals surface area (Å²) in [5, 5.41) is 9.15. The molecule has 1 aliphatic heterocycles. The van der Waals surface area contributed by atoms with Crippen molar-refractivity contribution in [1.29, 1.82) is 0 Å². The van der Waals surface area contributed by atoms with E-state index in [0.29, 0.717) is 18.9 Å². The maximum Gasteiger partial charge on any atom is 0.308 e. The van der Waals surface area contributed by atoms with Crippen molar-refractivity contribution < 1.29 is 27.1 Å². The molecule has 1 heterocycles. The highest BCUT2D eigenvalue weighted by Gasteiger charge is 2.40. The molecule has 0 aliphatic carbocycles. The van der Waals surface area contributed by atoms with Crippen LogP contribution < -0.4 is 0 Å². The highest BCUT2D eigenvalue weighted by atomic mass is 32.2. The number of aliphatic carboxylic acids is 1. The Bertz CT molecular complexity index is 705. The first kappa shape index (κ1) is 16.8. The third kappa shape index (κ3) is 2.85. The summed E-state index contributed by atoms with van der Waals surface area (Å²) in [6.07, 6.45) is 0.746. The van der Waals surface area contributed by atoms with E-state index < -0.39 is 44.5 Å². The van der Waals surface area contributed by atoms with Crippen LogP contribution in [0, 0.1) is 24.5 Å². The lowest BCUT2D eigenvalue weighted by Gasteiger charge is -2.36. The van der Waals surface area contributed by atoms with Crippen molar-refractivity contribution in [1.82, 2.24) is 4.31 Å². The van der Waals surface area contributed by atoms with Crippen LogP contribution in [-0.2, 0) is 14.8 Å². The predicted octanol–water partition coefficient (Wildman–Crippen LogP) is 2.15. The number of hydrogen-bond acceptors (Lipinski definition) is 3. The summed E-state index contributed by atoms with van der Waals surface area (Å²) in [5.41, 5.74) is 0.0134. The second-order valence-electron chi connectivity index (χ2n) is 5.48. The van der Waals surface area contributed by atoms with E-state index in [2.05, 4.69) is 0 Å². The monoisotopic (exact) mass is 333 g/mol. The van der Waals surface area contributed by atoms with Gasteiger partial charge in [-0.3, -0.25) is 4.79 Å². The van der Waals surface area contributed by atoms with Crippen molar-refractivity contribution in [2.45, 2.75) is 37.6 Å². The fourth-order valence-corrected chi connectivity index (χ4v) is 4.57. The van der Waals surface area contributed by atoms with Crippen molar-refractivity contribution in [3.63, 3.8) is 0 Å². The standard InChI is InChI=1S/C14H17F2NO4S/c1-8-6-13(12(16)7-11(8)15)22(20,21)17-5-3-4-10(9(17)2)14(18)19/h6-7,9-10H,3-5H2,1-2H3,(H,18,19)/t9-,10-/m1/s1. The average Bonchev–Trinajstić information content (AvgIpc) is 2.42. The van der Waals surface area contributed by atoms with Gasteiger partial charge < -0.3 is 5.11 Å². The largest absolute Gasteiger partial charge is 0.481 e. The Morgan fingerprint density at radius 3 is 2.55 bits per heavy atom. The second-order valence-corrected chi connectivity index (χ2v) is 7.33. The van der Waals surface area contributed by atoms with Gasteiger partial charge in [0.05, 0.1) is 5.92 Å². The molecule has 0 bridgehead atoms. The second kappa shape index (κ2) is 5.92. The topological polar surface area (TPSA) is 74.7 Å². The molecule has 2 atom stereocenters. The molecule has 0 amide bonds. The molecule has 1 saturated heterocycles. The number of rotatable bonds is 3. The number of halogens is 2.